The second-order valence-corrected chi connectivity index (χ2v) is 4.37. The van der Waals surface area contributed by atoms with Gasteiger partial charge in [0.15, 0.2) is 0 Å². The highest BCUT2D eigenvalue weighted by Crippen LogP contribution is 2.14. The highest BCUT2D eigenvalue weighted by atomic mass is 16.4. The summed E-state index contributed by atoms with van der Waals surface area (Å²) in [6.45, 7) is 0. The Morgan fingerprint density at radius 2 is 1.05 bits per heavy atom. The number of hydrogen-bond acceptors (Lipinski definition) is 1. The molecule has 104 valence electrons. The third kappa shape index (κ3) is 4.32. The van der Waals surface area contributed by atoms with Crippen molar-refractivity contribution >= 4 is 16.7 Å². The van der Waals surface area contributed by atoms with Crippen molar-refractivity contribution in [2.45, 2.75) is 0 Å². The molecule has 0 fully saturated rings. The Balaban J connectivity index is 3.01. The van der Waals surface area contributed by atoms with Crippen molar-refractivity contribution in [2.24, 2.45) is 0 Å². The van der Waals surface area contributed by atoms with Gasteiger partial charge in [0.05, 0.1) is 5.56 Å². The Hall–Kier alpha value is -2.87. The zero-order valence-corrected chi connectivity index (χ0v) is 11.5. The lowest BCUT2D eigenvalue weighted by atomic mass is 10.1. The molecule has 2 aromatic carbocycles. The molecule has 2 nitrogen and oxygen atoms in total. The predicted octanol–water partition coefficient (Wildman–Crippen LogP) is 4.79. The summed E-state index contributed by atoms with van der Waals surface area (Å²) in [5, 5.41) is 11.0. The lowest BCUT2D eigenvalue weighted by Crippen LogP contribution is -1.95. The van der Waals surface area contributed by atoms with E-state index in [1.165, 1.54) is 0 Å². The highest BCUT2D eigenvalue weighted by Gasteiger charge is 2.03. The van der Waals surface area contributed by atoms with Crippen molar-refractivity contribution < 1.29 is 9.90 Å². The number of carboxylic acids is 1. The Morgan fingerprint density at radius 1 is 0.619 bits per heavy atom. The van der Waals surface area contributed by atoms with Crippen LogP contribution < -0.4 is 0 Å². The third-order valence-corrected chi connectivity index (χ3v) is 2.91. The Bertz CT molecular complexity index is 732. The molecule has 2 rings (SSSR count). The van der Waals surface area contributed by atoms with Crippen molar-refractivity contribution in [3.63, 3.8) is 0 Å². The second kappa shape index (κ2) is 7.65. The number of rotatable bonds is 1. The van der Waals surface area contributed by atoms with Crippen LogP contribution in [0.2, 0.25) is 0 Å². The average molecular weight is 276 g/mol. The zero-order chi connectivity index (χ0) is 14.9. The molecule has 0 radical (unpaired) electrons. The molecule has 0 aliphatic rings. The fourth-order valence-corrected chi connectivity index (χ4v) is 1.92. The fraction of sp³-hybridized carbons (Fsp3) is 0. The van der Waals surface area contributed by atoms with E-state index in [-0.39, 0.29) is 5.56 Å². The highest BCUT2D eigenvalue weighted by molar-refractivity contribution is 6.02. The van der Waals surface area contributed by atoms with E-state index in [4.69, 9.17) is 0 Å². The average Bonchev–Trinajstić information content (AvgIpc) is 2.48. The quantitative estimate of drug-likeness (QED) is 0.813. The lowest BCUT2D eigenvalue weighted by Gasteiger charge is -1.96. The van der Waals surface area contributed by atoms with Crippen LogP contribution >= 0.6 is 0 Å². The minimum Gasteiger partial charge on any atom is -0.478 e. The summed E-state index contributed by atoms with van der Waals surface area (Å²) in [5.74, 6) is -0.945. The molecule has 0 heterocycles. The van der Waals surface area contributed by atoms with E-state index in [1.54, 1.807) is 18.2 Å². The van der Waals surface area contributed by atoms with Gasteiger partial charge < -0.3 is 5.11 Å². The zero-order valence-electron chi connectivity index (χ0n) is 11.5. The van der Waals surface area contributed by atoms with Crippen LogP contribution in [0.1, 0.15) is 10.4 Å². The summed E-state index contributed by atoms with van der Waals surface area (Å²) in [7, 11) is 0. The maximum absolute atomic E-state index is 11.6. The van der Waals surface area contributed by atoms with E-state index in [9.17, 15) is 9.90 Å². The topological polar surface area (TPSA) is 37.3 Å². The van der Waals surface area contributed by atoms with E-state index < -0.39 is 5.97 Å². The fourth-order valence-electron chi connectivity index (χ4n) is 1.92. The Labute approximate surface area is 124 Å². The van der Waals surface area contributed by atoms with Crippen molar-refractivity contribution in [1.29, 1.82) is 0 Å². The largest absolute Gasteiger partial charge is 0.478 e. The van der Waals surface area contributed by atoms with E-state index in [2.05, 4.69) is 0 Å². The summed E-state index contributed by atoms with van der Waals surface area (Å²) in [5.41, 5.74) is 0.264. The van der Waals surface area contributed by atoms with Crippen LogP contribution in [0.4, 0.5) is 0 Å². The van der Waals surface area contributed by atoms with Gasteiger partial charge in [-0.25, -0.2) is 4.79 Å². The van der Waals surface area contributed by atoms with Crippen LogP contribution in [0.3, 0.4) is 0 Å². The maximum Gasteiger partial charge on any atom is 0.336 e. The van der Waals surface area contributed by atoms with E-state index >= 15 is 0 Å². The maximum atomic E-state index is 11.6. The van der Waals surface area contributed by atoms with Crippen LogP contribution in [-0.2, 0) is 0 Å². The number of aromatic carboxylic acids is 1. The minimum atomic E-state index is -0.945. The van der Waals surface area contributed by atoms with Gasteiger partial charge in [0.1, 0.15) is 0 Å². The first kappa shape index (κ1) is 14.5. The molecular weight excluding hydrogens is 260 g/mol. The molecule has 2 heteroatoms. The normalized spacial score (nSPS) is 9.33. The molecule has 0 saturated heterocycles. The van der Waals surface area contributed by atoms with Crippen LogP contribution in [0, 0.1) is 0 Å². The molecule has 21 heavy (non-hydrogen) atoms. The van der Waals surface area contributed by atoms with Gasteiger partial charge in [-0.1, -0.05) is 84.9 Å². The van der Waals surface area contributed by atoms with Gasteiger partial charge in [-0.2, -0.15) is 0 Å². The first-order valence-electron chi connectivity index (χ1n) is 6.67. The molecule has 2 aromatic rings. The van der Waals surface area contributed by atoms with E-state index in [0.717, 1.165) is 5.39 Å². The van der Waals surface area contributed by atoms with E-state index in [1.807, 2.05) is 72.8 Å². The molecule has 0 atom stereocenters. The van der Waals surface area contributed by atoms with Crippen LogP contribution in [0.15, 0.2) is 91.0 Å². The Morgan fingerprint density at radius 3 is 1.57 bits per heavy atom. The predicted molar refractivity (Wildman–Crippen MR) is 86.2 cm³/mol. The molecule has 0 aromatic heterocycles. The molecule has 0 saturated carbocycles. The van der Waals surface area contributed by atoms with Gasteiger partial charge in [-0.3, -0.25) is 0 Å². The standard InChI is InChI=1S/C19H16O2/c20-19(21)18-15-11-7-3-5-9-13-16-12-8-4-1-2-6-10-14-17(16)18/h1-15H,(H,20,21). The summed E-state index contributed by atoms with van der Waals surface area (Å²) in [6.07, 6.45) is 0. The number of carboxylic acid groups (broad SMARTS) is 1. The van der Waals surface area contributed by atoms with Crippen molar-refractivity contribution in [3.05, 3.63) is 96.6 Å². The summed E-state index contributed by atoms with van der Waals surface area (Å²) in [6, 6.07) is 27.8. The smallest absolute Gasteiger partial charge is 0.336 e. The summed E-state index contributed by atoms with van der Waals surface area (Å²) < 4.78 is 0. The summed E-state index contributed by atoms with van der Waals surface area (Å²) in [4.78, 5) is 11.6. The molecule has 0 aliphatic carbocycles. The van der Waals surface area contributed by atoms with Crippen molar-refractivity contribution in [3.8, 4) is 0 Å². The van der Waals surface area contributed by atoms with Gasteiger partial charge in [0, 0.05) is 0 Å². The second-order valence-electron chi connectivity index (χ2n) is 4.37. The van der Waals surface area contributed by atoms with Crippen molar-refractivity contribution in [1.82, 2.24) is 0 Å². The van der Waals surface area contributed by atoms with Crippen LogP contribution in [0.5, 0.6) is 0 Å². The SMILES string of the molecule is O=C(O)c1cccccccc2ccccccccc12. The molecular formula is C19H16O2. The Kier molecular flexibility index (Phi) is 5.30. The lowest BCUT2D eigenvalue weighted by molar-refractivity contribution is 0.0699. The number of carbonyl (C=O) groups is 1. The van der Waals surface area contributed by atoms with Crippen molar-refractivity contribution in [2.75, 3.05) is 0 Å². The molecule has 0 amide bonds. The molecule has 0 aliphatic heterocycles. The van der Waals surface area contributed by atoms with Gasteiger partial charge >= 0.3 is 5.97 Å². The molecule has 1 N–H and O–H groups in total. The van der Waals surface area contributed by atoms with E-state index in [0.29, 0.717) is 5.39 Å². The summed E-state index contributed by atoms with van der Waals surface area (Å²) >= 11 is 0. The third-order valence-electron chi connectivity index (χ3n) is 2.91. The monoisotopic (exact) mass is 276 g/mol. The van der Waals surface area contributed by atoms with Gasteiger partial charge in [0.25, 0.3) is 0 Å². The van der Waals surface area contributed by atoms with Gasteiger partial charge in [-0.05, 0) is 16.8 Å². The first-order chi connectivity index (χ1) is 10.3. The molecule has 0 spiro atoms. The van der Waals surface area contributed by atoms with Gasteiger partial charge in [0.2, 0.25) is 0 Å². The number of hydrogen-bond donors (Lipinski definition) is 1. The minimum absolute atomic E-state index is 0.264. The van der Waals surface area contributed by atoms with Crippen LogP contribution in [0.25, 0.3) is 10.8 Å². The molecule has 0 unspecified atom stereocenters. The van der Waals surface area contributed by atoms with Crippen LogP contribution in [-0.4, -0.2) is 11.1 Å². The van der Waals surface area contributed by atoms with Gasteiger partial charge in [-0.15, -0.1) is 0 Å². The number of fused-ring (bicyclic) bond motifs is 1. The first-order valence-corrected chi connectivity index (χ1v) is 6.67. The molecule has 0 bridgehead atoms.